The van der Waals surface area contributed by atoms with Crippen LogP contribution in [0.2, 0.25) is 0 Å². The number of benzene rings is 2. The number of rotatable bonds is 4. The summed E-state index contributed by atoms with van der Waals surface area (Å²) in [6.07, 6.45) is 6.18. The van der Waals surface area contributed by atoms with E-state index in [0.717, 1.165) is 56.5 Å². The van der Waals surface area contributed by atoms with Crippen LogP contribution in [-0.4, -0.2) is 45.8 Å². The van der Waals surface area contributed by atoms with E-state index in [1.807, 2.05) is 25.7 Å². The third-order valence-corrected chi connectivity index (χ3v) is 12.9. The number of fused-ring (bicyclic) bond motifs is 2. The molecule has 5 nitrogen and oxygen atoms in total. The van der Waals surface area contributed by atoms with Gasteiger partial charge in [0.2, 0.25) is 0 Å². The van der Waals surface area contributed by atoms with Gasteiger partial charge in [-0.05, 0) is 126 Å². The van der Waals surface area contributed by atoms with Crippen LogP contribution in [0.3, 0.4) is 0 Å². The van der Waals surface area contributed by atoms with Crippen molar-refractivity contribution >= 4 is 39.1 Å². The second kappa shape index (κ2) is 14.6. The molecule has 1 fully saturated rings. The summed E-state index contributed by atoms with van der Waals surface area (Å²) in [6, 6.07) is 9.28. The molecule has 52 heavy (non-hydrogen) atoms. The Kier molecular flexibility index (Phi) is 11.4. The van der Waals surface area contributed by atoms with Crippen LogP contribution in [0.1, 0.15) is 170 Å². The first kappa shape index (κ1) is 40.7. The smallest absolute Gasteiger partial charge is 0.410 e. The number of nitrogens with zero attached hydrogens (tertiary/aromatic N) is 2. The van der Waals surface area contributed by atoms with Gasteiger partial charge in [0.1, 0.15) is 5.60 Å². The summed E-state index contributed by atoms with van der Waals surface area (Å²) >= 11 is 5.10. The first-order valence-electron chi connectivity index (χ1n) is 19.3. The minimum Gasteiger partial charge on any atom is -0.444 e. The fourth-order valence-corrected chi connectivity index (χ4v) is 9.18. The number of ether oxygens (including phenoxy) is 1. The number of ketones is 1. The molecule has 0 atom stereocenters. The Labute approximate surface area is 326 Å². The summed E-state index contributed by atoms with van der Waals surface area (Å²) in [7, 11) is 0. The van der Waals surface area contributed by atoms with Gasteiger partial charge in [-0.2, -0.15) is 0 Å². The van der Waals surface area contributed by atoms with Crippen molar-refractivity contribution in [3.63, 3.8) is 0 Å². The standard InChI is InChI=1S/C28H40N2O2S.C17H23BrO/c1-26(2,3)19-15-21(20-9-12-28(7,8)22(20)16-19)23-17-33-24(29-23)18-10-13-30(14-11-18)25(31)32-27(4,5)6;1-16(2,3)11-8-13(15(19)10-18)12-6-7-17(4,5)14(12)9-11/h15-18H,9-14H2,1-8H3;8-9H,6-7,10H2,1-5H3. The van der Waals surface area contributed by atoms with E-state index >= 15 is 0 Å². The first-order chi connectivity index (χ1) is 23.9. The van der Waals surface area contributed by atoms with Crippen LogP contribution in [0.5, 0.6) is 0 Å². The summed E-state index contributed by atoms with van der Waals surface area (Å²) in [6.45, 7) is 30.1. The number of hydrogen-bond acceptors (Lipinski definition) is 5. The fourth-order valence-electron chi connectivity index (χ4n) is 7.88. The molecule has 2 aromatic carbocycles. The molecule has 0 bridgehead atoms. The second-order valence-electron chi connectivity index (χ2n) is 19.7. The molecule has 6 rings (SSSR count). The maximum absolute atomic E-state index is 12.4. The van der Waals surface area contributed by atoms with Crippen molar-refractivity contribution in [2.45, 2.75) is 162 Å². The Hall–Kier alpha value is -2.51. The number of amides is 1. The van der Waals surface area contributed by atoms with E-state index in [0.29, 0.717) is 11.2 Å². The van der Waals surface area contributed by atoms with Gasteiger partial charge in [0.05, 0.1) is 16.0 Å². The average molecular weight is 792 g/mol. The minimum atomic E-state index is -0.450. The van der Waals surface area contributed by atoms with Gasteiger partial charge in [-0.15, -0.1) is 11.3 Å². The van der Waals surface area contributed by atoms with Crippen molar-refractivity contribution in [3.05, 3.63) is 73.6 Å². The van der Waals surface area contributed by atoms with E-state index < -0.39 is 5.60 Å². The number of piperidine rings is 1. The van der Waals surface area contributed by atoms with Crippen molar-refractivity contribution in [1.29, 1.82) is 0 Å². The number of carbonyl (C=O) groups is 2. The Morgan fingerprint density at radius 3 is 1.87 bits per heavy atom. The van der Waals surface area contributed by atoms with Crippen LogP contribution in [-0.2, 0) is 39.2 Å². The van der Waals surface area contributed by atoms with Gasteiger partial charge < -0.3 is 9.64 Å². The summed E-state index contributed by atoms with van der Waals surface area (Å²) in [5.74, 6) is 0.623. The maximum atomic E-state index is 12.4. The van der Waals surface area contributed by atoms with Gasteiger partial charge >= 0.3 is 6.09 Å². The zero-order valence-corrected chi connectivity index (χ0v) is 36.6. The molecule has 7 heteroatoms. The fraction of sp³-hybridized carbons (Fsp3) is 0.622. The Morgan fingerprint density at radius 1 is 0.827 bits per heavy atom. The quantitative estimate of drug-likeness (QED) is 0.195. The van der Waals surface area contributed by atoms with Crippen LogP contribution < -0.4 is 0 Å². The topological polar surface area (TPSA) is 59.5 Å². The molecule has 3 aliphatic rings. The van der Waals surface area contributed by atoms with E-state index in [4.69, 9.17) is 9.72 Å². The number of thiazole rings is 1. The van der Waals surface area contributed by atoms with Crippen molar-refractivity contribution < 1.29 is 14.3 Å². The Morgan fingerprint density at radius 2 is 1.35 bits per heavy atom. The number of likely N-dealkylation sites (tertiary alicyclic amines) is 1. The van der Waals surface area contributed by atoms with E-state index in [2.05, 4.69) is 115 Å². The predicted octanol–water partition coefficient (Wildman–Crippen LogP) is 12.2. The summed E-state index contributed by atoms with van der Waals surface area (Å²) in [5.41, 5.74) is 11.9. The lowest BCUT2D eigenvalue weighted by atomic mass is 9.79. The number of aromatic nitrogens is 1. The summed E-state index contributed by atoms with van der Waals surface area (Å²) in [4.78, 5) is 31.6. The predicted molar refractivity (Wildman–Crippen MR) is 222 cm³/mol. The SMILES string of the molecule is CC(C)(C)OC(=O)N1CCC(c2nc(-c3cc(C(C)(C)C)cc4c3CCC4(C)C)cs2)CC1.CC(C)(C)c1cc(C(=O)CBr)c2c(c1)C(C)(C)CC2. The van der Waals surface area contributed by atoms with Crippen molar-refractivity contribution in [2.24, 2.45) is 0 Å². The Balaban J connectivity index is 0.000000233. The van der Waals surface area contributed by atoms with Gasteiger partial charge in [0.15, 0.2) is 5.78 Å². The monoisotopic (exact) mass is 790 g/mol. The lowest BCUT2D eigenvalue weighted by Crippen LogP contribution is -2.41. The molecule has 2 aliphatic carbocycles. The van der Waals surface area contributed by atoms with E-state index in [9.17, 15) is 9.59 Å². The van der Waals surface area contributed by atoms with Gasteiger partial charge in [-0.3, -0.25) is 4.79 Å². The third kappa shape index (κ3) is 8.88. The Bertz CT molecular complexity index is 1810. The molecule has 1 saturated heterocycles. The molecule has 1 amide bonds. The highest BCUT2D eigenvalue weighted by atomic mass is 79.9. The molecular weight excluding hydrogens is 728 g/mol. The lowest BCUT2D eigenvalue weighted by molar-refractivity contribution is 0.0204. The molecule has 3 aromatic rings. The van der Waals surface area contributed by atoms with E-state index in [1.54, 1.807) is 11.3 Å². The van der Waals surface area contributed by atoms with Crippen molar-refractivity contribution in [1.82, 2.24) is 9.88 Å². The molecule has 1 aromatic heterocycles. The number of Topliss-reactive ketones (excluding diaryl/α,β-unsaturated/α-hetero) is 1. The lowest BCUT2D eigenvalue weighted by Gasteiger charge is -2.32. The summed E-state index contributed by atoms with van der Waals surface area (Å²) < 4.78 is 5.55. The highest BCUT2D eigenvalue weighted by Gasteiger charge is 2.36. The van der Waals surface area contributed by atoms with Crippen LogP contribution >= 0.6 is 27.3 Å². The molecular formula is C45H63BrN2O3S. The van der Waals surface area contributed by atoms with Crippen molar-refractivity contribution in [3.8, 4) is 11.3 Å². The van der Waals surface area contributed by atoms with E-state index in [-0.39, 0.29) is 33.5 Å². The largest absolute Gasteiger partial charge is 0.444 e. The van der Waals surface area contributed by atoms with Gasteiger partial charge in [-0.25, -0.2) is 9.78 Å². The average Bonchev–Trinajstić information content (AvgIpc) is 3.74. The molecule has 0 unspecified atom stereocenters. The zero-order valence-electron chi connectivity index (χ0n) is 34.2. The van der Waals surface area contributed by atoms with Crippen LogP contribution in [0.25, 0.3) is 11.3 Å². The van der Waals surface area contributed by atoms with Crippen LogP contribution in [0, 0.1) is 0 Å². The highest BCUT2D eigenvalue weighted by molar-refractivity contribution is 9.09. The minimum absolute atomic E-state index is 0.0784. The highest BCUT2D eigenvalue weighted by Crippen LogP contribution is 2.46. The second-order valence-corrected chi connectivity index (χ2v) is 21.2. The molecule has 0 saturated carbocycles. The zero-order chi connectivity index (χ0) is 38.6. The third-order valence-electron chi connectivity index (χ3n) is 11.4. The molecule has 2 heterocycles. The van der Waals surface area contributed by atoms with Gasteiger partial charge in [0.25, 0.3) is 0 Å². The van der Waals surface area contributed by atoms with Gasteiger partial charge in [-0.1, -0.05) is 97.3 Å². The summed E-state index contributed by atoms with van der Waals surface area (Å²) in [5, 5.41) is 3.87. The van der Waals surface area contributed by atoms with Crippen LogP contribution in [0.4, 0.5) is 4.79 Å². The molecule has 1 aliphatic heterocycles. The maximum Gasteiger partial charge on any atom is 0.410 e. The number of carbonyl (C=O) groups excluding carboxylic acids is 2. The van der Waals surface area contributed by atoms with Gasteiger partial charge in [0, 0.05) is 35.5 Å². The van der Waals surface area contributed by atoms with Crippen molar-refractivity contribution in [2.75, 3.05) is 18.4 Å². The number of hydrogen-bond donors (Lipinski definition) is 0. The first-order valence-corrected chi connectivity index (χ1v) is 21.3. The van der Waals surface area contributed by atoms with Crippen LogP contribution in [0.15, 0.2) is 29.6 Å². The normalized spacial score (nSPS) is 18.4. The molecule has 0 spiro atoms. The number of halogens is 1. The molecule has 0 radical (unpaired) electrons. The van der Waals surface area contributed by atoms with E-state index in [1.165, 1.54) is 50.4 Å². The molecule has 284 valence electrons. The number of alkyl halides is 1. The molecule has 0 N–H and O–H groups in total.